The van der Waals surface area contributed by atoms with Gasteiger partial charge in [0, 0.05) is 20.7 Å². The van der Waals surface area contributed by atoms with Crippen LogP contribution in [0.1, 0.15) is 5.56 Å². The number of hydrogen-bond acceptors (Lipinski definition) is 4. The van der Waals surface area contributed by atoms with Crippen LogP contribution in [0.25, 0.3) is 0 Å². The van der Waals surface area contributed by atoms with Crippen molar-refractivity contribution in [3.05, 3.63) is 57.5 Å². The molecule has 0 aliphatic carbocycles. The number of carbonyl (C=O) groups is 1. The molecule has 0 radical (unpaired) electrons. The number of benzene rings is 2. The standard InChI is InChI=1S/C15H13BrClN3O2/c16-11-1-4-13(5-2-11)18-9-15(22)20-19-8-10-7-12(17)3-6-14(10)21/h1-8,18,21H,9H2,(H,20,22)/b19-8-. The Labute approximate surface area is 141 Å². The molecule has 0 fully saturated rings. The van der Waals surface area contributed by atoms with Crippen LogP contribution in [-0.2, 0) is 4.79 Å². The maximum Gasteiger partial charge on any atom is 0.259 e. The fourth-order valence-electron chi connectivity index (χ4n) is 1.59. The van der Waals surface area contributed by atoms with Gasteiger partial charge < -0.3 is 10.4 Å². The van der Waals surface area contributed by atoms with Crippen LogP contribution < -0.4 is 10.7 Å². The first-order chi connectivity index (χ1) is 10.5. The molecule has 0 unspecified atom stereocenters. The molecule has 7 heteroatoms. The van der Waals surface area contributed by atoms with Crippen molar-refractivity contribution < 1.29 is 9.90 Å². The largest absolute Gasteiger partial charge is 0.507 e. The molecule has 0 aliphatic rings. The molecular formula is C15H13BrClN3O2. The first kappa shape index (κ1) is 16.3. The molecule has 0 aliphatic heterocycles. The van der Waals surface area contributed by atoms with E-state index in [1.165, 1.54) is 12.3 Å². The highest BCUT2D eigenvalue weighted by Gasteiger charge is 2.01. The number of carbonyl (C=O) groups excluding carboxylic acids is 1. The molecule has 0 atom stereocenters. The quantitative estimate of drug-likeness (QED) is 0.548. The molecular weight excluding hydrogens is 370 g/mol. The van der Waals surface area contributed by atoms with Gasteiger partial charge in [0.15, 0.2) is 0 Å². The molecule has 0 spiro atoms. The molecule has 0 saturated carbocycles. The molecule has 5 nitrogen and oxygen atoms in total. The Morgan fingerprint density at radius 2 is 2.00 bits per heavy atom. The second-order valence-electron chi connectivity index (χ2n) is 4.36. The summed E-state index contributed by atoms with van der Waals surface area (Å²) in [5, 5.41) is 16.8. The number of anilines is 1. The Morgan fingerprint density at radius 1 is 1.27 bits per heavy atom. The maximum atomic E-state index is 11.6. The fraction of sp³-hybridized carbons (Fsp3) is 0.0667. The molecule has 2 aromatic carbocycles. The number of nitrogens with zero attached hydrogens (tertiary/aromatic N) is 1. The lowest BCUT2D eigenvalue weighted by Gasteiger charge is -2.05. The summed E-state index contributed by atoms with van der Waals surface area (Å²) in [6.07, 6.45) is 1.33. The van der Waals surface area contributed by atoms with Gasteiger partial charge in [-0.3, -0.25) is 4.79 Å². The molecule has 2 aromatic rings. The minimum Gasteiger partial charge on any atom is -0.507 e. The number of nitrogens with one attached hydrogen (secondary N) is 2. The summed E-state index contributed by atoms with van der Waals surface area (Å²) in [6, 6.07) is 12.0. The summed E-state index contributed by atoms with van der Waals surface area (Å²) >= 11 is 9.15. The van der Waals surface area contributed by atoms with E-state index in [-0.39, 0.29) is 18.2 Å². The Morgan fingerprint density at radius 3 is 2.73 bits per heavy atom. The van der Waals surface area contributed by atoms with Crippen LogP contribution in [0.5, 0.6) is 5.75 Å². The summed E-state index contributed by atoms with van der Waals surface area (Å²) < 4.78 is 0.966. The van der Waals surface area contributed by atoms with Gasteiger partial charge in [0.05, 0.1) is 12.8 Å². The van der Waals surface area contributed by atoms with E-state index in [1.807, 2.05) is 24.3 Å². The molecule has 3 N–H and O–H groups in total. The van der Waals surface area contributed by atoms with Gasteiger partial charge >= 0.3 is 0 Å². The van der Waals surface area contributed by atoms with Crippen molar-refractivity contribution in [2.75, 3.05) is 11.9 Å². The van der Waals surface area contributed by atoms with E-state index in [2.05, 4.69) is 31.8 Å². The van der Waals surface area contributed by atoms with Gasteiger partial charge in [0.2, 0.25) is 0 Å². The van der Waals surface area contributed by atoms with E-state index in [9.17, 15) is 9.90 Å². The monoisotopic (exact) mass is 381 g/mol. The van der Waals surface area contributed by atoms with E-state index in [0.717, 1.165) is 10.2 Å². The van der Waals surface area contributed by atoms with Crippen LogP contribution in [0.2, 0.25) is 5.02 Å². The van der Waals surface area contributed by atoms with Gasteiger partial charge in [0.25, 0.3) is 5.91 Å². The summed E-state index contributed by atoms with van der Waals surface area (Å²) in [5.41, 5.74) is 3.62. The van der Waals surface area contributed by atoms with Crippen LogP contribution >= 0.6 is 27.5 Å². The summed E-state index contributed by atoms with van der Waals surface area (Å²) in [4.78, 5) is 11.6. The molecule has 114 valence electrons. The number of amides is 1. The van der Waals surface area contributed by atoms with Crippen LogP contribution in [-0.4, -0.2) is 23.8 Å². The molecule has 0 aromatic heterocycles. The number of halogens is 2. The van der Waals surface area contributed by atoms with E-state index >= 15 is 0 Å². The average Bonchev–Trinajstić information content (AvgIpc) is 2.50. The zero-order valence-corrected chi connectivity index (χ0v) is 13.7. The van der Waals surface area contributed by atoms with E-state index in [1.54, 1.807) is 12.1 Å². The summed E-state index contributed by atoms with van der Waals surface area (Å²) in [5.74, 6) is -0.268. The zero-order chi connectivity index (χ0) is 15.9. The lowest BCUT2D eigenvalue weighted by Crippen LogP contribution is -2.25. The number of aromatic hydroxyl groups is 1. The molecule has 1 amide bonds. The van der Waals surface area contributed by atoms with Crippen LogP contribution in [0.15, 0.2) is 52.0 Å². The lowest BCUT2D eigenvalue weighted by molar-refractivity contribution is -0.119. The number of hydrogen-bond donors (Lipinski definition) is 3. The SMILES string of the molecule is O=C(CNc1ccc(Br)cc1)N/N=C\c1cc(Cl)ccc1O. The molecule has 0 heterocycles. The first-order valence-corrected chi connectivity index (χ1v) is 7.51. The molecule has 22 heavy (non-hydrogen) atoms. The Hall–Kier alpha value is -2.05. The van der Waals surface area contributed by atoms with Gasteiger partial charge in [-0.2, -0.15) is 5.10 Å². The van der Waals surface area contributed by atoms with Crippen molar-refractivity contribution in [3.63, 3.8) is 0 Å². The minimum atomic E-state index is -0.305. The summed E-state index contributed by atoms with van der Waals surface area (Å²) in [7, 11) is 0. The second-order valence-corrected chi connectivity index (χ2v) is 5.71. The number of rotatable bonds is 5. The zero-order valence-electron chi connectivity index (χ0n) is 11.4. The lowest BCUT2D eigenvalue weighted by atomic mass is 10.2. The van der Waals surface area contributed by atoms with Crippen molar-refractivity contribution >= 4 is 45.3 Å². The van der Waals surface area contributed by atoms with E-state index in [4.69, 9.17) is 11.6 Å². The number of phenolic OH excluding ortho intramolecular Hbond substituents is 1. The van der Waals surface area contributed by atoms with Gasteiger partial charge in [-0.1, -0.05) is 27.5 Å². The highest BCUT2D eigenvalue weighted by atomic mass is 79.9. The first-order valence-electron chi connectivity index (χ1n) is 6.34. The van der Waals surface area contributed by atoms with Gasteiger partial charge in [0.1, 0.15) is 5.75 Å². The Bertz CT molecular complexity index is 690. The van der Waals surface area contributed by atoms with Crippen LogP contribution in [0, 0.1) is 0 Å². The molecule has 2 rings (SSSR count). The van der Waals surface area contributed by atoms with Crippen LogP contribution in [0.4, 0.5) is 5.69 Å². The summed E-state index contributed by atoms with van der Waals surface area (Å²) in [6.45, 7) is 0.0838. The molecule has 0 saturated heterocycles. The normalized spacial score (nSPS) is 10.6. The van der Waals surface area contributed by atoms with E-state index < -0.39 is 0 Å². The molecule has 0 bridgehead atoms. The number of phenols is 1. The topological polar surface area (TPSA) is 73.7 Å². The van der Waals surface area contributed by atoms with Gasteiger partial charge in [-0.25, -0.2) is 5.43 Å². The highest BCUT2D eigenvalue weighted by Crippen LogP contribution is 2.19. The van der Waals surface area contributed by atoms with Gasteiger partial charge in [-0.15, -0.1) is 0 Å². The highest BCUT2D eigenvalue weighted by molar-refractivity contribution is 9.10. The minimum absolute atomic E-state index is 0.0374. The predicted molar refractivity (Wildman–Crippen MR) is 91.5 cm³/mol. The smallest absolute Gasteiger partial charge is 0.259 e. The second kappa shape index (κ2) is 7.82. The van der Waals surface area contributed by atoms with Crippen molar-refractivity contribution in [2.45, 2.75) is 0 Å². The van der Waals surface area contributed by atoms with Gasteiger partial charge in [-0.05, 0) is 42.5 Å². The van der Waals surface area contributed by atoms with Crippen molar-refractivity contribution in [1.82, 2.24) is 5.43 Å². The third-order valence-electron chi connectivity index (χ3n) is 2.68. The van der Waals surface area contributed by atoms with Crippen LogP contribution in [0.3, 0.4) is 0 Å². The Balaban J connectivity index is 1.83. The fourth-order valence-corrected chi connectivity index (χ4v) is 2.04. The van der Waals surface area contributed by atoms with Crippen molar-refractivity contribution in [2.24, 2.45) is 5.10 Å². The van der Waals surface area contributed by atoms with Crippen molar-refractivity contribution in [1.29, 1.82) is 0 Å². The predicted octanol–water partition coefficient (Wildman–Crippen LogP) is 3.37. The maximum absolute atomic E-state index is 11.6. The van der Waals surface area contributed by atoms with Crippen molar-refractivity contribution in [3.8, 4) is 5.75 Å². The number of hydrazone groups is 1. The average molecular weight is 383 g/mol. The third kappa shape index (κ3) is 5.05. The Kier molecular flexibility index (Phi) is 5.80. The van der Waals surface area contributed by atoms with E-state index in [0.29, 0.717) is 10.6 Å². The third-order valence-corrected chi connectivity index (χ3v) is 3.44.